The van der Waals surface area contributed by atoms with Crippen LogP contribution in [0, 0.1) is 12.3 Å². The van der Waals surface area contributed by atoms with Crippen molar-refractivity contribution in [2.45, 2.75) is 63.5 Å². The standard InChI is InChI=1S/C20H30N6S/c1-4-13-21-20(27)23-15-11-9-14(10-12-15)22-19-24-17-8-6-5-7-16(17)18(25-19)26(2)3/h1,14-15H,5-13H2,2-3H3,(H2,21,23,27)(H,22,24,25). The summed E-state index contributed by atoms with van der Waals surface area (Å²) in [7, 11) is 4.13. The molecule has 1 aromatic rings. The Morgan fingerprint density at radius 1 is 1.15 bits per heavy atom. The summed E-state index contributed by atoms with van der Waals surface area (Å²) < 4.78 is 0. The average Bonchev–Trinajstić information content (AvgIpc) is 2.67. The van der Waals surface area contributed by atoms with E-state index in [9.17, 15) is 0 Å². The van der Waals surface area contributed by atoms with E-state index in [-0.39, 0.29) is 0 Å². The molecule has 0 bridgehead atoms. The van der Waals surface area contributed by atoms with E-state index in [2.05, 4.69) is 40.9 Å². The Balaban J connectivity index is 1.57. The first-order valence-corrected chi connectivity index (χ1v) is 10.3. The van der Waals surface area contributed by atoms with E-state index in [1.165, 1.54) is 24.1 Å². The maximum atomic E-state index is 5.27. The molecular weight excluding hydrogens is 356 g/mol. The zero-order valence-corrected chi connectivity index (χ0v) is 17.2. The number of aryl methyl sites for hydroxylation is 1. The van der Waals surface area contributed by atoms with Crippen LogP contribution in [-0.4, -0.2) is 47.8 Å². The van der Waals surface area contributed by atoms with Crippen LogP contribution in [0.25, 0.3) is 0 Å². The van der Waals surface area contributed by atoms with Gasteiger partial charge in [-0.2, -0.15) is 4.98 Å². The quantitative estimate of drug-likeness (QED) is 0.530. The maximum Gasteiger partial charge on any atom is 0.225 e. The Bertz CT molecular complexity index is 703. The monoisotopic (exact) mass is 386 g/mol. The van der Waals surface area contributed by atoms with Crippen LogP contribution in [0.5, 0.6) is 0 Å². The zero-order chi connectivity index (χ0) is 19.2. The molecule has 3 rings (SSSR count). The zero-order valence-electron chi connectivity index (χ0n) is 16.3. The van der Waals surface area contributed by atoms with Gasteiger partial charge in [-0.05, 0) is 63.6 Å². The van der Waals surface area contributed by atoms with Crippen LogP contribution >= 0.6 is 12.2 Å². The van der Waals surface area contributed by atoms with Gasteiger partial charge in [0, 0.05) is 31.7 Å². The van der Waals surface area contributed by atoms with Crippen molar-refractivity contribution in [3.8, 4) is 12.3 Å². The van der Waals surface area contributed by atoms with Crippen molar-refractivity contribution in [3.05, 3.63) is 11.3 Å². The number of nitrogens with one attached hydrogen (secondary N) is 3. The molecule has 1 aromatic heterocycles. The van der Waals surface area contributed by atoms with Gasteiger partial charge in [0.05, 0.1) is 12.2 Å². The van der Waals surface area contributed by atoms with Gasteiger partial charge in [-0.3, -0.25) is 0 Å². The summed E-state index contributed by atoms with van der Waals surface area (Å²) in [6, 6.07) is 0.814. The number of thiocarbonyl (C=S) groups is 1. The van der Waals surface area contributed by atoms with Gasteiger partial charge in [0.15, 0.2) is 5.11 Å². The number of nitrogens with zero attached hydrogens (tertiary/aromatic N) is 3. The fourth-order valence-corrected chi connectivity index (χ4v) is 4.18. The number of hydrogen-bond donors (Lipinski definition) is 3. The molecule has 6 nitrogen and oxygen atoms in total. The van der Waals surface area contributed by atoms with Crippen molar-refractivity contribution in [2.24, 2.45) is 0 Å². The maximum absolute atomic E-state index is 5.27. The summed E-state index contributed by atoms with van der Waals surface area (Å²) in [5.41, 5.74) is 2.56. The summed E-state index contributed by atoms with van der Waals surface area (Å²) in [5, 5.41) is 10.6. The SMILES string of the molecule is C#CCNC(=S)NC1CCC(Nc2nc3c(c(N(C)C)n2)CCCC3)CC1. The Labute approximate surface area is 167 Å². The molecule has 0 unspecified atom stereocenters. The van der Waals surface area contributed by atoms with Gasteiger partial charge >= 0.3 is 0 Å². The molecule has 146 valence electrons. The average molecular weight is 387 g/mol. The van der Waals surface area contributed by atoms with Crippen molar-refractivity contribution < 1.29 is 0 Å². The molecular formula is C20H30N6S. The minimum Gasteiger partial charge on any atom is -0.362 e. The number of hydrogen-bond acceptors (Lipinski definition) is 5. The van der Waals surface area contributed by atoms with Crippen LogP contribution in [-0.2, 0) is 12.8 Å². The van der Waals surface area contributed by atoms with Crippen LogP contribution < -0.4 is 20.9 Å². The van der Waals surface area contributed by atoms with Crippen molar-refractivity contribution in [1.82, 2.24) is 20.6 Å². The van der Waals surface area contributed by atoms with Crippen LogP contribution in [0.15, 0.2) is 0 Å². The molecule has 2 aliphatic rings. The van der Waals surface area contributed by atoms with Gasteiger partial charge in [-0.25, -0.2) is 4.98 Å². The Morgan fingerprint density at radius 3 is 2.56 bits per heavy atom. The molecule has 0 atom stereocenters. The first kappa shape index (κ1) is 19.7. The third kappa shape index (κ3) is 5.23. The predicted molar refractivity (Wildman–Crippen MR) is 115 cm³/mol. The lowest BCUT2D eigenvalue weighted by molar-refractivity contribution is 0.385. The Morgan fingerprint density at radius 2 is 1.85 bits per heavy atom. The summed E-state index contributed by atoms with van der Waals surface area (Å²) in [4.78, 5) is 11.8. The second-order valence-corrected chi connectivity index (χ2v) is 8.03. The van der Waals surface area contributed by atoms with Crippen molar-refractivity contribution in [2.75, 3.05) is 30.9 Å². The lowest BCUT2D eigenvalue weighted by Crippen LogP contribution is -2.44. The molecule has 0 amide bonds. The van der Waals surface area contributed by atoms with Gasteiger partial charge in [0.1, 0.15) is 5.82 Å². The predicted octanol–water partition coefficient (Wildman–Crippen LogP) is 2.24. The minimum absolute atomic E-state index is 0.405. The normalized spacial score (nSPS) is 21.5. The van der Waals surface area contributed by atoms with Gasteiger partial charge in [0.25, 0.3) is 0 Å². The highest BCUT2D eigenvalue weighted by atomic mass is 32.1. The molecule has 7 heteroatoms. The first-order valence-electron chi connectivity index (χ1n) is 9.88. The molecule has 1 fully saturated rings. The summed E-state index contributed by atoms with van der Waals surface area (Å²) in [6.07, 6.45) is 14.2. The molecule has 0 aromatic carbocycles. The summed E-state index contributed by atoms with van der Waals surface area (Å²) in [6.45, 7) is 0.465. The van der Waals surface area contributed by atoms with E-state index < -0.39 is 0 Å². The minimum atomic E-state index is 0.405. The third-order valence-electron chi connectivity index (χ3n) is 5.33. The number of anilines is 2. The Kier molecular flexibility index (Phi) is 6.73. The van der Waals surface area contributed by atoms with Crippen LogP contribution in [0.2, 0.25) is 0 Å². The van der Waals surface area contributed by atoms with E-state index in [1.807, 2.05) is 0 Å². The number of terminal acetylenes is 1. The fourth-order valence-electron chi connectivity index (χ4n) is 3.94. The van der Waals surface area contributed by atoms with Gasteiger partial charge in [-0.1, -0.05) is 5.92 Å². The van der Waals surface area contributed by atoms with Crippen LogP contribution in [0.4, 0.5) is 11.8 Å². The van der Waals surface area contributed by atoms with E-state index in [0.717, 1.165) is 50.3 Å². The van der Waals surface area contributed by atoms with E-state index >= 15 is 0 Å². The molecule has 0 aliphatic heterocycles. The molecule has 0 spiro atoms. The van der Waals surface area contributed by atoms with Crippen molar-refractivity contribution in [1.29, 1.82) is 0 Å². The molecule has 2 aliphatic carbocycles. The highest BCUT2D eigenvalue weighted by Crippen LogP contribution is 2.29. The molecule has 0 saturated heterocycles. The molecule has 1 heterocycles. The lowest BCUT2D eigenvalue weighted by Gasteiger charge is -2.31. The second-order valence-electron chi connectivity index (χ2n) is 7.62. The van der Waals surface area contributed by atoms with Crippen LogP contribution in [0.3, 0.4) is 0 Å². The van der Waals surface area contributed by atoms with E-state index in [1.54, 1.807) is 0 Å². The summed E-state index contributed by atoms with van der Waals surface area (Å²) in [5.74, 6) is 4.39. The summed E-state index contributed by atoms with van der Waals surface area (Å²) >= 11 is 5.27. The van der Waals surface area contributed by atoms with Crippen LogP contribution in [0.1, 0.15) is 49.8 Å². The smallest absolute Gasteiger partial charge is 0.225 e. The van der Waals surface area contributed by atoms with Crippen molar-refractivity contribution in [3.63, 3.8) is 0 Å². The molecule has 0 radical (unpaired) electrons. The molecule has 1 saturated carbocycles. The van der Waals surface area contributed by atoms with Gasteiger partial charge in [0.2, 0.25) is 5.95 Å². The number of rotatable bonds is 5. The highest BCUT2D eigenvalue weighted by Gasteiger charge is 2.24. The molecule has 27 heavy (non-hydrogen) atoms. The van der Waals surface area contributed by atoms with Crippen molar-refractivity contribution >= 4 is 29.1 Å². The number of aromatic nitrogens is 2. The van der Waals surface area contributed by atoms with Gasteiger partial charge in [-0.15, -0.1) is 6.42 Å². The fraction of sp³-hybridized carbons (Fsp3) is 0.650. The second kappa shape index (κ2) is 9.23. The van der Waals surface area contributed by atoms with E-state index in [4.69, 9.17) is 28.6 Å². The first-order chi connectivity index (χ1) is 13.1. The molecule has 3 N–H and O–H groups in total. The van der Waals surface area contributed by atoms with E-state index in [0.29, 0.717) is 23.7 Å². The lowest BCUT2D eigenvalue weighted by atomic mass is 9.91. The Hall–Kier alpha value is -2.07. The highest BCUT2D eigenvalue weighted by molar-refractivity contribution is 7.80. The topological polar surface area (TPSA) is 65.1 Å². The third-order valence-corrected chi connectivity index (χ3v) is 5.59. The van der Waals surface area contributed by atoms with Gasteiger partial charge < -0.3 is 20.9 Å². The largest absolute Gasteiger partial charge is 0.362 e. The number of fused-ring (bicyclic) bond motifs is 1.